The molecule has 0 spiro atoms. The first-order valence-electron chi connectivity index (χ1n) is 10.3. The molecule has 0 fully saturated rings. The standard InChI is InChI=1S/C24H26N4O3/c1-5-6-9-28-23-20(13-16-8-7-15(2)10-21(16)25-23)22(27-28)26-24(29)17-11-18(30-3)14-19(12-17)31-4/h7-8,10-14H,5-6,9H2,1-4H3,(H,26,27,29). The van der Waals surface area contributed by atoms with Gasteiger partial charge in [0, 0.05) is 23.6 Å². The zero-order valence-electron chi connectivity index (χ0n) is 18.2. The third kappa shape index (κ3) is 4.17. The molecule has 0 aliphatic heterocycles. The van der Waals surface area contributed by atoms with Gasteiger partial charge in [-0.05, 0) is 43.2 Å². The lowest BCUT2D eigenvalue weighted by Crippen LogP contribution is -2.13. The van der Waals surface area contributed by atoms with Crippen LogP contribution in [0.2, 0.25) is 0 Å². The number of methoxy groups -OCH3 is 2. The first-order chi connectivity index (χ1) is 15.0. The van der Waals surface area contributed by atoms with Gasteiger partial charge in [-0.3, -0.25) is 4.79 Å². The Hall–Kier alpha value is -3.61. The molecule has 0 unspecified atom stereocenters. The molecule has 4 rings (SSSR count). The Bertz CT molecular complexity index is 1240. The Morgan fingerprint density at radius 3 is 2.48 bits per heavy atom. The first kappa shape index (κ1) is 20.7. The van der Waals surface area contributed by atoms with Crippen LogP contribution in [0.1, 0.15) is 35.7 Å². The second-order valence-corrected chi connectivity index (χ2v) is 7.54. The number of aromatic nitrogens is 3. The number of nitrogens with zero attached hydrogens (tertiary/aromatic N) is 3. The number of unbranched alkanes of at least 4 members (excludes halogenated alkanes) is 1. The molecule has 160 valence electrons. The topological polar surface area (TPSA) is 78.3 Å². The summed E-state index contributed by atoms with van der Waals surface area (Å²) in [6.07, 6.45) is 2.02. The number of anilines is 1. The SMILES string of the molecule is CCCCn1nc(NC(=O)c2cc(OC)cc(OC)c2)c2cc3ccc(C)cc3nc21. The van der Waals surface area contributed by atoms with Gasteiger partial charge in [0.2, 0.25) is 0 Å². The van der Waals surface area contributed by atoms with Gasteiger partial charge < -0.3 is 14.8 Å². The highest BCUT2D eigenvalue weighted by atomic mass is 16.5. The largest absolute Gasteiger partial charge is 0.497 e. The molecule has 2 aromatic carbocycles. The van der Waals surface area contributed by atoms with E-state index in [4.69, 9.17) is 14.5 Å². The summed E-state index contributed by atoms with van der Waals surface area (Å²) in [6, 6.07) is 13.3. The van der Waals surface area contributed by atoms with Crippen molar-refractivity contribution in [3.05, 3.63) is 53.6 Å². The zero-order valence-corrected chi connectivity index (χ0v) is 18.2. The predicted molar refractivity (Wildman–Crippen MR) is 122 cm³/mol. The Balaban J connectivity index is 1.77. The van der Waals surface area contributed by atoms with E-state index in [1.807, 2.05) is 23.7 Å². The van der Waals surface area contributed by atoms with Gasteiger partial charge in [-0.1, -0.05) is 25.5 Å². The molecule has 2 aromatic heterocycles. The van der Waals surface area contributed by atoms with E-state index in [2.05, 4.69) is 29.5 Å². The van der Waals surface area contributed by atoms with Crippen molar-refractivity contribution in [2.75, 3.05) is 19.5 Å². The highest BCUT2D eigenvalue weighted by Crippen LogP contribution is 2.28. The Morgan fingerprint density at radius 1 is 1.06 bits per heavy atom. The van der Waals surface area contributed by atoms with Gasteiger partial charge in [0.1, 0.15) is 11.5 Å². The van der Waals surface area contributed by atoms with Crippen molar-refractivity contribution in [1.82, 2.24) is 14.8 Å². The van der Waals surface area contributed by atoms with Crippen molar-refractivity contribution in [2.45, 2.75) is 33.2 Å². The summed E-state index contributed by atoms with van der Waals surface area (Å²) in [5.41, 5.74) is 3.27. The van der Waals surface area contributed by atoms with Crippen molar-refractivity contribution in [3.63, 3.8) is 0 Å². The number of pyridine rings is 1. The number of benzene rings is 2. The lowest BCUT2D eigenvalue weighted by molar-refractivity contribution is 0.102. The van der Waals surface area contributed by atoms with Crippen molar-refractivity contribution in [3.8, 4) is 11.5 Å². The number of ether oxygens (including phenoxy) is 2. The van der Waals surface area contributed by atoms with Gasteiger partial charge in [-0.2, -0.15) is 5.10 Å². The minimum absolute atomic E-state index is 0.289. The molecule has 0 aliphatic rings. The van der Waals surface area contributed by atoms with Crippen molar-refractivity contribution in [1.29, 1.82) is 0 Å². The number of hydrogen-bond donors (Lipinski definition) is 1. The van der Waals surface area contributed by atoms with E-state index < -0.39 is 0 Å². The van der Waals surface area contributed by atoms with E-state index in [-0.39, 0.29) is 5.91 Å². The molecule has 0 atom stereocenters. The summed E-state index contributed by atoms with van der Waals surface area (Å²) in [5.74, 6) is 1.30. The Kier molecular flexibility index (Phi) is 5.75. The fourth-order valence-corrected chi connectivity index (χ4v) is 3.53. The summed E-state index contributed by atoms with van der Waals surface area (Å²) in [6.45, 7) is 4.92. The van der Waals surface area contributed by atoms with E-state index in [1.54, 1.807) is 32.4 Å². The normalized spacial score (nSPS) is 11.1. The lowest BCUT2D eigenvalue weighted by Gasteiger charge is -2.08. The van der Waals surface area contributed by atoms with Crippen molar-refractivity contribution >= 4 is 33.7 Å². The van der Waals surface area contributed by atoms with Crippen LogP contribution in [0.5, 0.6) is 11.5 Å². The Labute approximate surface area is 181 Å². The number of amides is 1. The average Bonchev–Trinajstić information content (AvgIpc) is 3.11. The fraction of sp³-hybridized carbons (Fsp3) is 0.292. The van der Waals surface area contributed by atoms with E-state index in [0.717, 1.165) is 46.9 Å². The lowest BCUT2D eigenvalue weighted by atomic mass is 10.1. The van der Waals surface area contributed by atoms with E-state index in [9.17, 15) is 4.79 Å². The monoisotopic (exact) mass is 418 g/mol. The third-order valence-electron chi connectivity index (χ3n) is 5.24. The molecule has 1 N–H and O–H groups in total. The van der Waals surface area contributed by atoms with Crippen LogP contribution in [0.15, 0.2) is 42.5 Å². The van der Waals surface area contributed by atoms with Crippen LogP contribution < -0.4 is 14.8 Å². The molecule has 0 aliphatic carbocycles. The molecule has 0 radical (unpaired) electrons. The summed E-state index contributed by atoms with van der Waals surface area (Å²) >= 11 is 0. The number of carbonyl (C=O) groups is 1. The third-order valence-corrected chi connectivity index (χ3v) is 5.24. The quantitative estimate of drug-likeness (QED) is 0.459. The molecule has 0 saturated carbocycles. The van der Waals surface area contributed by atoms with Crippen LogP contribution in [0, 0.1) is 6.92 Å². The number of nitrogens with one attached hydrogen (secondary N) is 1. The molecule has 31 heavy (non-hydrogen) atoms. The second-order valence-electron chi connectivity index (χ2n) is 7.54. The number of hydrogen-bond acceptors (Lipinski definition) is 5. The first-order valence-corrected chi connectivity index (χ1v) is 10.3. The average molecular weight is 418 g/mol. The summed E-state index contributed by atoms with van der Waals surface area (Å²) in [4.78, 5) is 17.9. The summed E-state index contributed by atoms with van der Waals surface area (Å²) in [7, 11) is 3.11. The Morgan fingerprint density at radius 2 is 1.81 bits per heavy atom. The van der Waals surface area contributed by atoms with Crippen LogP contribution in [0.3, 0.4) is 0 Å². The summed E-state index contributed by atoms with van der Waals surface area (Å²) < 4.78 is 12.4. The second kappa shape index (κ2) is 8.63. The van der Waals surface area contributed by atoms with Gasteiger partial charge in [-0.15, -0.1) is 0 Å². The maximum absolute atomic E-state index is 13.0. The molecule has 1 amide bonds. The van der Waals surface area contributed by atoms with Gasteiger partial charge in [0.15, 0.2) is 11.5 Å². The molecule has 7 nitrogen and oxygen atoms in total. The van der Waals surface area contributed by atoms with Crippen LogP contribution in [0.25, 0.3) is 21.9 Å². The highest BCUT2D eigenvalue weighted by Gasteiger charge is 2.17. The van der Waals surface area contributed by atoms with Gasteiger partial charge in [0.05, 0.1) is 25.1 Å². The van der Waals surface area contributed by atoms with Gasteiger partial charge >= 0.3 is 0 Å². The minimum atomic E-state index is -0.289. The molecular weight excluding hydrogens is 392 g/mol. The summed E-state index contributed by atoms with van der Waals surface area (Å²) in [5, 5.41) is 9.46. The van der Waals surface area contributed by atoms with Crippen molar-refractivity contribution < 1.29 is 14.3 Å². The van der Waals surface area contributed by atoms with E-state index >= 15 is 0 Å². The zero-order chi connectivity index (χ0) is 22.0. The van der Waals surface area contributed by atoms with Gasteiger partial charge in [0.25, 0.3) is 5.91 Å². The highest BCUT2D eigenvalue weighted by molar-refractivity contribution is 6.09. The van der Waals surface area contributed by atoms with Crippen molar-refractivity contribution in [2.24, 2.45) is 0 Å². The fourth-order valence-electron chi connectivity index (χ4n) is 3.53. The van der Waals surface area contributed by atoms with Gasteiger partial charge in [-0.25, -0.2) is 9.67 Å². The number of aryl methyl sites for hydroxylation is 2. The molecule has 2 heterocycles. The van der Waals surface area contributed by atoms with Crippen LogP contribution >= 0.6 is 0 Å². The molecule has 0 bridgehead atoms. The molecular formula is C24H26N4O3. The molecule has 7 heteroatoms. The van der Waals surface area contributed by atoms with Crippen LogP contribution in [0.4, 0.5) is 5.82 Å². The number of fused-ring (bicyclic) bond motifs is 2. The smallest absolute Gasteiger partial charge is 0.257 e. The maximum Gasteiger partial charge on any atom is 0.257 e. The van der Waals surface area contributed by atoms with Crippen LogP contribution in [-0.4, -0.2) is 34.9 Å². The molecule has 0 saturated heterocycles. The minimum Gasteiger partial charge on any atom is -0.497 e. The van der Waals surface area contributed by atoms with Crippen LogP contribution in [-0.2, 0) is 6.54 Å². The predicted octanol–water partition coefficient (Wildman–Crippen LogP) is 4.96. The number of rotatable bonds is 7. The number of carbonyl (C=O) groups excluding carboxylic acids is 1. The van der Waals surface area contributed by atoms with E-state index in [0.29, 0.717) is 22.9 Å². The van der Waals surface area contributed by atoms with E-state index in [1.165, 1.54) is 0 Å². The molecule has 4 aromatic rings. The maximum atomic E-state index is 13.0.